The molecule has 1 amide bonds. The highest BCUT2D eigenvalue weighted by molar-refractivity contribution is 5.95. The standard InChI is InChI=1S/C21H23N3O5/c1-13-23-24-21(29-13)16(10-14-8-6-5-7-9-14)22-20(25)15-11-17(26-2)19(28-4)18(12-15)27-3/h5-9,11-12,16H,10H2,1-4H3,(H,22,25). The van der Waals surface area contributed by atoms with E-state index in [-0.39, 0.29) is 5.91 Å². The van der Waals surface area contributed by atoms with Crippen LogP contribution in [0.4, 0.5) is 0 Å². The van der Waals surface area contributed by atoms with Crippen LogP contribution in [-0.4, -0.2) is 37.4 Å². The summed E-state index contributed by atoms with van der Waals surface area (Å²) in [6.07, 6.45) is 0.499. The Morgan fingerprint density at radius 1 is 1.03 bits per heavy atom. The summed E-state index contributed by atoms with van der Waals surface area (Å²) in [4.78, 5) is 13.0. The fourth-order valence-corrected chi connectivity index (χ4v) is 2.96. The van der Waals surface area contributed by atoms with E-state index in [0.717, 1.165) is 5.56 Å². The van der Waals surface area contributed by atoms with E-state index in [1.54, 1.807) is 19.1 Å². The molecule has 1 heterocycles. The number of carbonyl (C=O) groups excluding carboxylic acids is 1. The lowest BCUT2D eigenvalue weighted by molar-refractivity contribution is 0.0929. The van der Waals surface area contributed by atoms with Crippen molar-refractivity contribution in [2.24, 2.45) is 0 Å². The van der Waals surface area contributed by atoms with E-state index in [1.807, 2.05) is 30.3 Å². The van der Waals surface area contributed by atoms with Crippen LogP contribution in [0.1, 0.15) is 33.7 Å². The van der Waals surface area contributed by atoms with Gasteiger partial charge in [-0.2, -0.15) is 0 Å². The molecule has 2 aromatic carbocycles. The number of rotatable bonds is 8. The van der Waals surface area contributed by atoms with E-state index in [2.05, 4.69) is 15.5 Å². The third kappa shape index (κ3) is 4.66. The van der Waals surface area contributed by atoms with E-state index in [0.29, 0.717) is 41.0 Å². The molecular weight excluding hydrogens is 374 g/mol. The molecule has 29 heavy (non-hydrogen) atoms. The Morgan fingerprint density at radius 2 is 1.69 bits per heavy atom. The average Bonchev–Trinajstić information content (AvgIpc) is 3.19. The van der Waals surface area contributed by atoms with Gasteiger partial charge in [0.15, 0.2) is 11.5 Å². The Labute approximate surface area is 168 Å². The largest absolute Gasteiger partial charge is 0.493 e. The number of aromatic nitrogens is 2. The lowest BCUT2D eigenvalue weighted by Gasteiger charge is -2.17. The molecule has 8 heteroatoms. The fraction of sp³-hybridized carbons (Fsp3) is 0.286. The molecule has 0 aliphatic rings. The number of aryl methyl sites for hydroxylation is 1. The molecule has 1 N–H and O–H groups in total. The number of nitrogens with one attached hydrogen (secondary N) is 1. The normalized spacial score (nSPS) is 11.6. The number of benzene rings is 2. The number of nitrogens with zero attached hydrogens (tertiary/aromatic N) is 2. The quantitative estimate of drug-likeness (QED) is 0.624. The van der Waals surface area contributed by atoms with Gasteiger partial charge in [-0.15, -0.1) is 10.2 Å². The molecule has 1 aromatic heterocycles. The van der Waals surface area contributed by atoms with Crippen LogP contribution < -0.4 is 19.5 Å². The molecule has 0 saturated heterocycles. The first kappa shape index (κ1) is 20.2. The first-order chi connectivity index (χ1) is 14.0. The van der Waals surface area contributed by atoms with Gasteiger partial charge in [-0.3, -0.25) is 4.79 Å². The van der Waals surface area contributed by atoms with Crippen molar-refractivity contribution in [3.63, 3.8) is 0 Å². The number of amides is 1. The van der Waals surface area contributed by atoms with Gasteiger partial charge in [0.1, 0.15) is 6.04 Å². The Hall–Kier alpha value is -3.55. The van der Waals surface area contributed by atoms with Crippen molar-refractivity contribution in [3.8, 4) is 17.2 Å². The highest BCUT2D eigenvalue weighted by Crippen LogP contribution is 2.38. The minimum atomic E-state index is -0.495. The van der Waals surface area contributed by atoms with Gasteiger partial charge in [-0.25, -0.2) is 0 Å². The monoisotopic (exact) mass is 397 g/mol. The number of hydrogen-bond donors (Lipinski definition) is 1. The highest BCUT2D eigenvalue weighted by atomic mass is 16.5. The molecule has 1 unspecified atom stereocenters. The third-order valence-electron chi connectivity index (χ3n) is 4.35. The lowest BCUT2D eigenvalue weighted by atomic mass is 10.0. The van der Waals surface area contributed by atoms with Gasteiger partial charge in [-0.1, -0.05) is 30.3 Å². The molecule has 3 aromatic rings. The fourth-order valence-electron chi connectivity index (χ4n) is 2.96. The molecule has 0 saturated carbocycles. The molecule has 3 rings (SSSR count). The van der Waals surface area contributed by atoms with Crippen molar-refractivity contribution in [3.05, 3.63) is 65.4 Å². The van der Waals surface area contributed by atoms with Crippen molar-refractivity contribution in [1.82, 2.24) is 15.5 Å². The SMILES string of the molecule is COc1cc(C(=O)NC(Cc2ccccc2)c2nnc(C)o2)cc(OC)c1OC. The van der Waals surface area contributed by atoms with E-state index < -0.39 is 6.04 Å². The number of methoxy groups -OCH3 is 3. The smallest absolute Gasteiger partial charge is 0.252 e. The van der Waals surface area contributed by atoms with Gasteiger partial charge < -0.3 is 23.9 Å². The van der Waals surface area contributed by atoms with Crippen LogP contribution in [0.5, 0.6) is 17.2 Å². The molecule has 0 aliphatic carbocycles. The summed E-state index contributed by atoms with van der Waals surface area (Å²) in [5, 5.41) is 10.9. The lowest BCUT2D eigenvalue weighted by Crippen LogP contribution is -2.30. The summed E-state index contributed by atoms with van der Waals surface area (Å²) in [6.45, 7) is 1.71. The van der Waals surface area contributed by atoms with Crippen LogP contribution in [0.25, 0.3) is 0 Å². The summed E-state index contributed by atoms with van der Waals surface area (Å²) in [5.74, 6) is 1.64. The van der Waals surface area contributed by atoms with Gasteiger partial charge in [-0.05, 0) is 17.7 Å². The zero-order valence-electron chi connectivity index (χ0n) is 16.8. The zero-order valence-corrected chi connectivity index (χ0v) is 16.8. The van der Waals surface area contributed by atoms with Crippen LogP contribution in [0, 0.1) is 6.92 Å². The summed E-state index contributed by atoms with van der Waals surface area (Å²) < 4.78 is 21.5. The Balaban J connectivity index is 1.90. The number of carbonyl (C=O) groups is 1. The molecule has 1 atom stereocenters. The Bertz CT molecular complexity index is 946. The molecule has 0 bridgehead atoms. The van der Waals surface area contributed by atoms with E-state index in [1.165, 1.54) is 21.3 Å². The second kappa shape index (κ2) is 9.09. The van der Waals surface area contributed by atoms with Crippen molar-refractivity contribution < 1.29 is 23.4 Å². The zero-order chi connectivity index (χ0) is 20.8. The summed E-state index contributed by atoms with van der Waals surface area (Å²) in [7, 11) is 4.50. The third-order valence-corrected chi connectivity index (χ3v) is 4.35. The molecule has 0 aliphatic heterocycles. The first-order valence-corrected chi connectivity index (χ1v) is 9.00. The number of hydrogen-bond acceptors (Lipinski definition) is 7. The minimum absolute atomic E-state index is 0.332. The van der Waals surface area contributed by atoms with Crippen LogP contribution in [0.3, 0.4) is 0 Å². The van der Waals surface area contributed by atoms with Gasteiger partial charge in [0, 0.05) is 18.9 Å². The topological polar surface area (TPSA) is 95.7 Å². The van der Waals surface area contributed by atoms with Gasteiger partial charge in [0.2, 0.25) is 17.5 Å². The molecule has 0 spiro atoms. The predicted octanol–water partition coefficient (Wildman–Crippen LogP) is 3.12. The number of ether oxygens (including phenoxy) is 3. The van der Waals surface area contributed by atoms with Crippen molar-refractivity contribution in [2.75, 3.05) is 21.3 Å². The van der Waals surface area contributed by atoms with Crippen LogP contribution in [0.2, 0.25) is 0 Å². The van der Waals surface area contributed by atoms with E-state index in [9.17, 15) is 4.79 Å². The van der Waals surface area contributed by atoms with Crippen LogP contribution in [0.15, 0.2) is 46.9 Å². The molecule has 8 nitrogen and oxygen atoms in total. The highest BCUT2D eigenvalue weighted by Gasteiger charge is 2.23. The minimum Gasteiger partial charge on any atom is -0.493 e. The molecule has 0 radical (unpaired) electrons. The maximum absolute atomic E-state index is 13.0. The van der Waals surface area contributed by atoms with E-state index in [4.69, 9.17) is 18.6 Å². The van der Waals surface area contributed by atoms with Gasteiger partial charge >= 0.3 is 0 Å². The summed E-state index contributed by atoms with van der Waals surface area (Å²) >= 11 is 0. The Morgan fingerprint density at radius 3 is 2.21 bits per heavy atom. The van der Waals surface area contributed by atoms with Crippen molar-refractivity contribution >= 4 is 5.91 Å². The summed E-state index contributed by atoms with van der Waals surface area (Å²) in [6, 6.07) is 12.4. The second-order valence-electron chi connectivity index (χ2n) is 6.29. The van der Waals surface area contributed by atoms with Gasteiger partial charge in [0.05, 0.1) is 21.3 Å². The summed E-state index contributed by atoms with van der Waals surface area (Å²) in [5.41, 5.74) is 1.38. The van der Waals surface area contributed by atoms with Crippen LogP contribution in [-0.2, 0) is 6.42 Å². The molecule has 0 fully saturated rings. The van der Waals surface area contributed by atoms with Crippen molar-refractivity contribution in [1.29, 1.82) is 0 Å². The van der Waals surface area contributed by atoms with E-state index >= 15 is 0 Å². The predicted molar refractivity (Wildman–Crippen MR) is 105 cm³/mol. The van der Waals surface area contributed by atoms with Crippen LogP contribution >= 0.6 is 0 Å². The average molecular weight is 397 g/mol. The maximum Gasteiger partial charge on any atom is 0.252 e. The first-order valence-electron chi connectivity index (χ1n) is 9.00. The maximum atomic E-state index is 13.0. The molecule has 152 valence electrons. The van der Waals surface area contributed by atoms with Crippen molar-refractivity contribution in [2.45, 2.75) is 19.4 Å². The van der Waals surface area contributed by atoms with Gasteiger partial charge in [0.25, 0.3) is 5.91 Å². The molecular formula is C21H23N3O5. The Kier molecular flexibility index (Phi) is 6.33. The second-order valence-corrected chi connectivity index (χ2v) is 6.29.